The highest BCUT2D eigenvalue weighted by Crippen LogP contribution is 2.35. The van der Waals surface area contributed by atoms with Crippen LogP contribution in [-0.4, -0.2) is 77.0 Å². The van der Waals surface area contributed by atoms with Gasteiger partial charge in [-0.2, -0.15) is 4.98 Å². The second-order valence-electron chi connectivity index (χ2n) is 10.8. The zero-order chi connectivity index (χ0) is 35.1. The number of methoxy groups -OCH3 is 3. The van der Waals surface area contributed by atoms with Crippen LogP contribution in [0.25, 0.3) is 10.8 Å². The molecule has 50 heavy (non-hydrogen) atoms. The van der Waals surface area contributed by atoms with Crippen LogP contribution < -0.4 is 34.9 Å². The van der Waals surface area contributed by atoms with E-state index in [0.717, 1.165) is 16.3 Å². The van der Waals surface area contributed by atoms with Crippen molar-refractivity contribution in [3.8, 4) is 28.9 Å². The number of ether oxygens (including phenoxy) is 7. The Kier molecular flexibility index (Phi) is 13.0. The van der Waals surface area contributed by atoms with E-state index in [2.05, 4.69) is 25.9 Å². The summed E-state index contributed by atoms with van der Waals surface area (Å²) < 4.78 is 38.9. The summed E-state index contributed by atoms with van der Waals surface area (Å²) in [7, 11) is 4.78. The highest BCUT2D eigenvalue weighted by molar-refractivity contribution is 6.08. The summed E-state index contributed by atoms with van der Waals surface area (Å²) in [5.41, 5.74) is 2.83. The minimum absolute atomic E-state index is 0.310. The lowest BCUT2D eigenvalue weighted by molar-refractivity contribution is 0.0179. The van der Waals surface area contributed by atoms with Gasteiger partial charge >= 0.3 is 6.03 Å². The molecule has 0 spiro atoms. The van der Waals surface area contributed by atoms with E-state index in [-0.39, 0.29) is 0 Å². The topological polar surface area (TPSA) is 144 Å². The van der Waals surface area contributed by atoms with Crippen molar-refractivity contribution in [2.75, 3.05) is 76.9 Å². The molecule has 4 aromatic carbocycles. The van der Waals surface area contributed by atoms with Crippen molar-refractivity contribution in [2.24, 2.45) is 0 Å². The zero-order valence-corrected chi connectivity index (χ0v) is 28.5. The summed E-state index contributed by atoms with van der Waals surface area (Å²) in [5.74, 6) is 2.93. The molecule has 0 saturated heterocycles. The Morgan fingerprint density at radius 3 is 2.20 bits per heavy atom. The molecule has 13 heteroatoms. The highest BCUT2D eigenvalue weighted by atomic mass is 16.6. The molecule has 0 bridgehead atoms. The van der Waals surface area contributed by atoms with Crippen LogP contribution >= 0.6 is 0 Å². The van der Waals surface area contributed by atoms with Crippen molar-refractivity contribution in [1.82, 2.24) is 9.97 Å². The summed E-state index contributed by atoms with van der Waals surface area (Å²) in [6.45, 7) is 4.73. The van der Waals surface area contributed by atoms with Crippen LogP contribution in [0.4, 0.5) is 27.8 Å². The van der Waals surface area contributed by atoms with Gasteiger partial charge in [-0.3, -0.25) is 0 Å². The van der Waals surface area contributed by atoms with E-state index in [9.17, 15) is 4.79 Å². The number of rotatable bonds is 18. The number of carbonyl (C=O) groups is 1. The predicted molar refractivity (Wildman–Crippen MR) is 192 cm³/mol. The van der Waals surface area contributed by atoms with Crippen LogP contribution in [-0.2, 0) is 14.2 Å². The molecular formula is C37H41N5O8. The predicted octanol–water partition coefficient (Wildman–Crippen LogP) is 7.19. The van der Waals surface area contributed by atoms with Crippen LogP contribution in [0.1, 0.15) is 5.56 Å². The number of hydrogen-bond acceptors (Lipinski definition) is 11. The van der Waals surface area contributed by atoms with E-state index in [1.165, 1.54) is 0 Å². The van der Waals surface area contributed by atoms with E-state index in [4.69, 9.17) is 33.2 Å². The summed E-state index contributed by atoms with van der Waals surface area (Å²) in [5, 5.41) is 10.6. The van der Waals surface area contributed by atoms with Gasteiger partial charge in [0.1, 0.15) is 29.6 Å². The molecule has 1 heterocycles. The second kappa shape index (κ2) is 18.2. The van der Waals surface area contributed by atoms with Crippen molar-refractivity contribution < 1.29 is 38.0 Å². The lowest BCUT2D eigenvalue weighted by Gasteiger charge is -2.15. The summed E-state index contributed by atoms with van der Waals surface area (Å²) in [6.07, 6.45) is 1.60. The average molecular weight is 684 g/mol. The van der Waals surface area contributed by atoms with Crippen molar-refractivity contribution >= 4 is 39.8 Å². The van der Waals surface area contributed by atoms with Gasteiger partial charge in [-0.05, 0) is 36.8 Å². The number of urea groups is 1. The van der Waals surface area contributed by atoms with Gasteiger partial charge in [0.15, 0.2) is 0 Å². The molecule has 1 aromatic heterocycles. The number of nitrogens with one attached hydrogen (secondary N) is 3. The van der Waals surface area contributed by atoms with Gasteiger partial charge in [0.2, 0.25) is 11.8 Å². The first-order valence-electron chi connectivity index (χ1n) is 15.9. The highest BCUT2D eigenvalue weighted by Gasteiger charge is 2.14. The number of aryl methyl sites for hydroxylation is 1. The molecule has 3 N–H and O–H groups in total. The third-order valence-electron chi connectivity index (χ3n) is 7.25. The third-order valence-corrected chi connectivity index (χ3v) is 7.25. The van der Waals surface area contributed by atoms with Gasteiger partial charge in [0, 0.05) is 54.0 Å². The zero-order valence-electron chi connectivity index (χ0n) is 28.5. The molecule has 13 nitrogen and oxygen atoms in total. The Morgan fingerprint density at radius 1 is 0.700 bits per heavy atom. The van der Waals surface area contributed by atoms with Crippen molar-refractivity contribution in [1.29, 1.82) is 0 Å². The first-order valence-corrected chi connectivity index (χ1v) is 15.9. The standard InChI is InChI=1S/C37H41N5O8/c1-25-9-11-34(46-4)32(21-25)41-37(43)40-31-10-12-33(30-8-6-5-7-29(30)31)50-35-13-14-38-36(42-35)39-26-22-27(45-3)24-28(23-26)49-20-19-48-18-17-47-16-15-44-2/h5-14,21-24H,15-20H2,1-4H3,(H,38,39,42)(H2,40,41,43). The summed E-state index contributed by atoms with van der Waals surface area (Å²) in [4.78, 5) is 21.9. The van der Waals surface area contributed by atoms with Crippen molar-refractivity contribution in [3.63, 3.8) is 0 Å². The molecule has 5 rings (SSSR count). The number of anilines is 4. The summed E-state index contributed by atoms with van der Waals surface area (Å²) >= 11 is 0. The van der Waals surface area contributed by atoms with Crippen LogP contribution in [0.15, 0.2) is 85.1 Å². The Labute approximate surface area is 290 Å². The monoisotopic (exact) mass is 683 g/mol. The number of benzene rings is 4. The molecule has 0 fully saturated rings. The molecular weight excluding hydrogens is 642 g/mol. The Hall–Kier alpha value is -5.63. The molecule has 0 aliphatic heterocycles. The maximum atomic E-state index is 13.0. The van der Waals surface area contributed by atoms with E-state index >= 15 is 0 Å². The van der Waals surface area contributed by atoms with Gasteiger partial charge in [-0.15, -0.1) is 0 Å². The van der Waals surface area contributed by atoms with Crippen molar-refractivity contribution in [2.45, 2.75) is 6.92 Å². The number of fused-ring (bicyclic) bond motifs is 1. The number of hydrogen-bond donors (Lipinski definition) is 3. The Morgan fingerprint density at radius 2 is 1.42 bits per heavy atom. The number of aromatic nitrogens is 2. The lowest BCUT2D eigenvalue weighted by atomic mass is 10.1. The largest absolute Gasteiger partial charge is 0.497 e. The molecule has 0 unspecified atom stereocenters. The maximum Gasteiger partial charge on any atom is 0.323 e. The molecule has 0 aliphatic carbocycles. The maximum absolute atomic E-state index is 13.0. The SMILES string of the molecule is COCCOCCOCCOc1cc(Nc2nccc(Oc3ccc(NC(=O)Nc4cc(C)ccc4OC)c4ccccc34)n2)cc(OC)c1. The molecule has 0 saturated carbocycles. The van der Waals surface area contributed by atoms with Gasteiger partial charge < -0.3 is 49.1 Å². The van der Waals surface area contributed by atoms with Gasteiger partial charge in [-0.1, -0.05) is 30.3 Å². The first kappa shape index (κ1) is 35.7. The van der Waals surface area contributed by atoms with E-state index in [0.29, 0.717) is 91.5 Å². The molecule has 0 radical (unpaired) electrons. The third kappa shape index (κ3) is 10.2. The van der Waals surface area contributed by atoms with Crippen LogP contribution in [0.3, 0.4) is 0 Å². The van der Waals surface area contributed by atoms with E-state index in [1.54, 1.807) is 51.8 Å². The fourth-order valence-corrected chi connectivity index (χ4v) is 4.89. The Bertz CT molecular complexity index is 1870. The number of amides is 2. The molecule has 2 amide bonds. The fraction of sp³-hybridized carbons (Fsp3) is 0.270. The quantitative estimate of drug-likeness (QED) is 0.0807. The van der Waals surface area contributed by atoms with Crippen LogP contribution in [0.2, 0.25) is 0 Å². The fourth-order valence-electron chi connectivity index (χ4n) is 4.89. The van der Waals surface area contributed by atoms with Crippen molar-refractivity contribution in [3.05, 3.63) is 90.6 Å². The number of nitrogens with zero attached hydrogens (tertiary/aromatic N) is 2. The summed E-state index contributed by atoms with van der Waals surface area (Å²) in [6, 6.07) is 23.4. The minimum Gasteiger partial charge on any atom is -0.497 e. The Balaban J connectivity index is 1.23. The second-order valence-corrected chi connectivity index (χ2v) is 10.8. The van der Waals surface area contributed by atoms with Crippen LogP contribution in [0.5, 0.6) is 28.9 Å². The molecule has 5 aromatic rings. The van der Waals surface area contributed by atoms with Gasteiger partial charge in [0.05, 0.1) is 58.6 Å². The molecule has 262 valence electrons. The first-order chi connectivity index (χ1) is 24.4. The average Bonchev–Trinajstić information content (AvgIpc) is 3.12. The van der Waals surface area contributed by atoms with E-state index < -0.39 is 6.03 Å². The molecule has 0 aliphatic rings. The smallest absolute Gasteiger partial charge is 0.323 e. The minimum atomic E-state index is -0.404. The van der Waals surface area contributed by atoms with Gasteiger partial charge in [-0.25, -0.2) is 9.78 Å². The van der Waals surface area contributed by atoms with E-state index in [1.807, 2.05) is 61.5 Å². The lowest BCUT2D eigenvalue weighted by Crippen LogP contribution is -2.20. The van der Waals surface area contributed by atoms with Crippen LogP contribution in [0, 0.1) is 6.92 Å². The molecule has 0 atom stereocenters. The van der Waals surface area contributed by atoms with Gasteiger partial charge in [0.25, 0.3) is 0 Å². The number of carbonyl (C=O) groups excluding carboxylic acids is 1. The normalized spacial score (nSPS) is 10.8.